The number of fused-ring (bicyclic) bond motifs is 4. The minimum absolute atomic E-state index is 0.00385. The van der Waals surface area contributed by atoms with Crippen LogP contribution in [-0.2, 0) is 51.1 Å². The van der Waals surface area contributed by atoms with Gasteiger partial charge in [-0.2, -0.15) is 0 Å². The summed E-state index contributed by atoms with van der Waals surface area (Å²) in [4.78, 5) is 98.4. The zero-order valence-electron chi connectivity index (χ0n) is 43.2. The molecule has 0 bridgehead atoms. The van der Waals surface area contributed by atoms with Crippen LogP contribution in [-0.4, -0.2) is 108 Å². The molecule has 1 aliphatic rings. The average molecular weight is 1030 g/mol. The number of ether oxygens (including phenoxy) is 3. The number of methoxy groups -OCH3 is 1. The van der Waals surface area contributed by atoms with Crippen LogP contribution in [0.25, 0.3) is 22.0 Å². The maximum Gasteiger partial charge on any atom is 0.407 e. The van der Waals surface area contributed by atoms with Crippen LogP contribution >= 0.6 is 11.8 Å². The standard InChI is InChI=1S/C56H69N7O10S/c1-8-28-72-39-25-23-37(24-26-39)29-48(54(69)71-7)61-53(68)50(56(5,6)74-33-59-36(4)65)63-51(66)46(22-13-14-27-57-35(3)64)60-52(67)47(30-38-31-58-49-34(2)16-15-21-40(38)49)62-55(70)73-32-45-43-19-11-9-17-41(43)42-18-10-12-20-44(42)45/h9-12,15-21,23-26,31,45-48,50,58H,8,13-14,22,27-30,32-33H2,1-7H3,(H,57,64)(H,59,65)(H,60,67)(H,61,68)(H,62,70)(H,63,66)/t46-,47-,48-,50+/m0/s1. The summed E-state index contributed by atoms with van der Waals surface area (Å²) in [6, 6.07) is 23.8. The number of carbonyl (C=O) groups excluding carboxylic acids is 7. The van der Waals surface area contributed by atoms with Gasteiger partial charge in [0.25, 0.3) is 0 Å². The number of H-pyrrole nitrogens is 1. The van der Waals surface area contributed by atoms with Crippen molar-refractivity contribution >= 4 is 64.3 Å². The van der Waals surface area contributed by atoms with E-state index in [9.17, 15) is 33.6 Å². The molecule has 0 fully saturated rings. The smallest absolute Gasteiger partial charge is 0.407 e. The number of alkyl carbamates (subject to hydrolysis) is 1. The number of carbonyl (C=O) groups is 7. The van der Waals surface area contributed by atoms with E-state index in [1.54, 1.807) is 44.3 Å². The van der Waals surface area contributed by atoms with Crippen molar-refractivity contribution in [3.8, 4) is 16.9 Å². The van der Waals surface area contributed by atoms with Crippen molar-refractivity contribution < 1.29 is 47.8 Å². The van der Waals surface area contributed by atoms with Gasteiger partial charge in [0, 0.05) is 61.0 Å². The lowest BCUT2D eigenvalue weighted by Crippen LogP contribution is -2.62. The first kappa shape index (κ1) is 56.0. The van der Waals surface area contributed by atoms with Gasteiger partial charge in [0.05, 0.1) is 19.6 Å². The van der Waals surface area contributed by atoms with Crippen LogP contribution < -0.4 is 36.6 Å². The van der Waals surface area contributed by atoms with Gasteiger partial charge < -0.3 is 51.1 Å². The molecule has 1 aliphatic carbocycles. The van der Waals surface area contributed by atoms with Gasteiger partial charge in [-0.1, -0.05) is 85.8 Å². The second-order valence-electron chi connectivity index (χ2n) is 18.9. The lowest BCUT2D eigenvalue weighted by Gasteiger charge is -2.35. The van der Waals surface area contributed by atoms with Gasteiger partial charge in [-0.05, 0) is 97.5 Å². The van der Waals surface area contributed by atoms with Crippen LogP contribution in [0.1, 0.15) is 94.0 Å². The summed E-state index contributed by atoms with van der Waals surface area (Å²) in [7, 11) is 1.21. The van der Waals surface area contributed by atoms with E-state index in [-0.39, 0.29) is 49.5 Å². The van der Waals surface area contributed by atoms with Crippen molar-refractivity contribution in [3.05, 3.63) is 125 Å². The Morgan fingerprint density at radius 2 is 1.36 bits per heavy atom. The molecule has 0 spiro atoms. The highest BCUT2D eigenvalue weighted by Gasteiger charge is 2.41. The number of para-hydroxylation sites is 1. The predicted molar refractivity (Wildman–Crippen MR) is 285 cm³/mol. The van der Waals surface area contributed by atoms with Crippen LogP contribution in [0.5, 0.6) is 5.75 Å². The van der Waals surface area contributed by atoms with Crippen molar-refractivity contribution in [1.82, 2.24) is 36.9 Å². The first-order valence-electron chi connectivity index (χ1n) is 25.0. The third-order valence-electron chi connectivity index (χ3n) is 13.0. The molecule has 0 saturated carbocycles. The van der Waals surface area contributed by atoms with E-state index in [4.69, 9.17) is 14.2 Å². The molecule has 1 aromatic heterocycles. The third kappa shape index (κ3) is 15.1. The van der Waals surface area contributed by atoms with E-state index in [1.807, 2.05) is 80.6 Å². The Morgan fingerprint density at radius 1 is 0.716 bits per heavy atom. The molecule has 0 radical (unpaired) electrons. The Hall–Kier alpha value is -7.34. The van der Waals surface area contributed by atoms with Gasteiger partial charge in [0.15, 0.2) is 0 Å². The van der Waals surface area contributed by atoms with Crippen molar-refractivity contribution in [2.75, 3.05) is 32.7 Å². The molecule has 0 saturated heterocycles. The second kappa shape index (κ2) is 26.6. The molecule has 6 amide bonds. The van der Waals surface area contributed by atoms with Crippen molar-refractivity contribution in [2.45, 2.75) is 115 Å². The number of hydrogen-bond acceptors (Lipinski definition) is 11. The molecule has 5 aromatic rings. The number of amides is 6. The van der Waals surface area contributed by atoms with E-state index in [0.717, 1.165) is 50.7 Å². The molecule has 0 unspecified atom stereocenters. The van der Waals surface area contributed by atoms with E-state index in [0.29, 0.717) is 37.3 Å². The van der Waals surface area contributed by atoms with Crippen molar-refractivity contribution in [1.29, 1.82) is 0 Å². The summed E-state index contributed by atoms with van der Waals surface area (Å²) in [5.41, 5.74) is 7.44. The van der Waals surface area contributed by atoms with Crippen LogP contribution in [0.15, 0.2) is 97.2 Å². The first-order chi connectivity index (χ1) is 35.5. The molecule has 18 heteroatoms. The number of esters is 1. The summed E-state index contributed by atoms with van der Waals surface area (Å²) in [6.45, 7) is 11.0. The molecular weight excluding hydrogens is 963 g/mol. The van der Waals surface area contributed by atoms with E-state index in [1.165, 1.54) is 32.7 Å². The minimum Gasteiger partial charge on any atom is -0.494 e. The lowest BCUT2D eigenvalue weighted by molar-refractivity contribution is -0.145. The number of benzene rings is 4. The topological polar surface area (TPSA) is 235 Å². The summed E-state index contributed by atoms with van der Waals surface area (Å²) < 4.78 is 15.6. The van der Waals surface area contributed by atoms with Crippen LogP contribution in [0.3, 0.4) is 0 Å². The number of aryl methyl sites for hydroxylation is 1. The Balaban J connectivity index is 1.27. The number of aromatic nitrogens is 1. The summed E-state index contributed by atoms with van der Waals surface area (Å²) in [5, 5.41) is 17.7. The van der Waals surface area contributed by atoms with Gasteiger partial charge in [-0.15, -0.1) is 11.8 Å². The van der Waals surface area contributed by atoms with Gasteiger partial charge in [-0.3, -0.25) is 24.0 Å². The quantitative estimate of drug-likeness (QED) is 0.0180. The Kier molecular flexibility index (Phi) is 20.1. The molecule has 6 rings (SSSR count). The van der Waals surface area contributed by atoms with Crippen LogP contribution in [0, 0.1) is 6.92 Å². The Bertz CT molecular complexity index is 2730. The van der Waals surface area contributed by atoms with E-state index in [2.05, 4.69) is 36.9 Å². The zero-order valence-corrected chi connectivity index (χ0v) is 44.0. The Morgan fingerprint density at radius 3 is 2.01 bits per heavy atom. The first-order valence-corrected chi connectivity index (χ1v) is 26.0. The van der Waals surface area contributed by atoms with Crippen LogP contribution in [0.2, 0.25) is 0 Å². The van der Waals surface area contributed by atoms with Gasteiger partial charge in [-0.25, -0.2) is 9.59 Å². The van der Waals surface area contributed by atoms with E-state index >= 15 is 0 Å². The number of thioether (sulfide) groups is 1. The number of aromatic amines is 1. The third-order valence-corrected chi connectivity index (χ3v) is 14.2. The second-order valence-corrected chi connectivity index (χ2v) is 20.6. The molecule has 7 N–H and O–H groups in total. The molecule has 1 heterocycles. The fraction of sp³-hybridized carbons (Fsp3) is 0.411. The molecule has 74 heavy (non-hydrogen) atoms. The molecule has 394 valence electrons. The predicted octanol–water partition coefficient (Wildman–Crippen LogP) is 6.50. The number of hydrogen-bond donors (Lipinski definition) is 7. The monoisotopic (exact) mass is 1030 g/mol. The maximum atomic E-state index is 14.8. The highest BCUT2D eigenvalue weighted by molar-refractivity contribution is 8.00. The lowest BCUT2D eigenvalue weighted by atomic mass is 9.98. The molecule has 4 atom stereocenters. The highest BCUT2D eigenvalue weighted by atomic mass is 32.2. The van der Waals surface area contributed by atoms with Crippen LogP contribution in [0.4, 0.5) is 4.79 Å². The fourth-order valence-corrected chi connectivity index (χ4v) is 9.98. The Labute approximate surface area is 436 Å². The van der Waals surface area contributed by atoms with Crippen molar-refractivity contribution in [3.63, 3.8) is 0 Å². The summed E-state index contributed by atoms with van der Waals surface area (Å²) in [6.07, 6.45) is 2.71. The normalized spacial score (nSPS) is 13.5. The SMILES string of the molecule is CCCOc1ccc(C[C@H](NC(=O)[C@@H](NC(=O)[C@H](CCCCNC(C)=O)NC(=O)[C@H](Cc2c[nH]c3c(C)cccc23)NC(=O)OCC2c3ccccc3-c3ccccc32)C(C)(C)SCNC(C)=O)C(=O)OC)cc1. The molecular formula is C56H69N7O10S. The minimum atomic E-state index is -1.35. The van der Waals surface area contributed by atoms with E-state index < -0.39 is 58.7 Å². The van der Waals surface area contributed by atoms with Gasteiger partial charge in [0.2, 0.25) is 29.5 Å². The average Bonchev–Trinajstić information content (AvgIpc) is 3.94. The largest absolute Gasteiger partial charge is 0.494 e. The van der Waals surface area contributed by atoms with Gasteiger partial charge >= 0.3 is 12.1 Å². The highest BCUT2D eigenvalue weighted by Crippen LogP contribution is 2.44. The summed E-state index contributed by atoms with van der Waals surface area (Å²) >= 11 is 1.18. The van der Waals surface area contributed by atoms with Crippen molar-refractivity contribution in [2.24, 2.45) is 0 Å². The zero-order chi connectivity index (χ0) is 53.4. The van der Waals surface area contributed by atoms with Gasteiger partial charge in [0.1, 0.15) is 36.5 Å². The summed E-state index contributed by atoms with van der Waals surface area (Å²) in [5.74, 6) is -2.91. The molecule has 17 nitrogen and oxygen atoms in total. The number of rotatable bonds is 26. The maximum absolute atomic E-state index is 14.8. The fourth-order valence-electron chi connectivity index (χ4n) is 9.00. The molecule has 4 aromatic carbocycles. The number of unbranched alkanes of at least 4 members (excludes halogenated alkanes) is 1. The number of nitrogens with one attached hydrogen (secondary N) is 7. The molecule has 0 aliphatic heterocycles.